The van der Waals surface area contributed by atoms with Gasteiger partial charge in [0.25, 0.3) is 17.7 Å². The van der Waals surface area contributed by atoms with E-state index < -0.39 is 0 Å². The van der Waals surface area contributed by atoms with Gasteiger partial charge >= 0.3 is 0 Å². The van der Waals surface area contributed by atoms with E-state index in [1.807, 2.05) is 32.0 Å². The summed E-state index contributed by atoms with van der Waals surface area (Å²) in [5.74, 6) is -0.175. The number of rotatable bonds is 6. The molecule has 4 rings (SSSR count). The monoisotopic (exact) mass is 414 g/mol. The van der Waals surface area contributed by atoms with Crippen molar-refractivity contribution in [2.45, 2.75) is 13.8 Å². The first-order valence-corrected chi connectivity index (χ1v) is 10.0. The molecule has 3 aromatic rings. The van der Waals surface area contributed by atoms with Crippen LogP contribution in [0.4, 0.5) is 5.69 Å². The largest absolute Gasteiger partial charge is 0.491 e. The second kappa shape index (κ2) is 8.44. The summed E-state index contributed by atoms with van der Waals surface area (Å²) in [4.78, 5) is 38.7. The Morgan fingerprint density at radius 2 is 1.55 bits per heavy atom. The van der Waals surface area contributed by atoms with Crippen LogP contribution in [0.3, 0.4) is 0 Å². The van der Waals surface area contributed by atoms with Crippen molar-refractivity contribution in [3.63, 3.8) is 0 Å². The Balaban J connectivity index is 1.34. The van der Waals surface area contributed by atoms with Crippen molar-refractivity contribution >= 4 is 23.4 Å². The summed E-state index contributed by atoms with van der Waals surface area (Å²) in [6, 6.07) is 19.1. The molecule has 0 atom stereocenters. The Hall–Kier alpha value is -3.93. The smallest absolute Gasteiger partial charge is 0.266 e. The molecule has 3 amide bonds. The standard InChI is InChI=1S/C25H22N2O4/c1-16-7-12-22(17(2)15-16)31-14-13-26-23(28)18-8-10-19(11-9-18)27-24(29)20-5-3-4-6-21(20)25(27)30/h3-12,15H,13-14H2,1-2H3,(H,26,28). The number of aryl methyl sites for hydroxylation is 2. The highest BCUT2D eigenvalue weighted by Crippen LogP contribution is 2.28. The van der Waals surface area contributed by atoms with Crippen LogP contribution in [-0.2, 0) is 0 Å². The Morgan fingerprint density at radius 3 is 2.16 bits per heavy atom. The first-order valence-electron chi connectivity index (χ1n) is 10.0. The van der Waals surface area contributed by atoms with E-state index in [1.165, 1.54) is 5.56 Å². The third kappa shape index (κ3) is 4.05. The Bertz CT molecular complexity index is 1130. The average molecular weight is 414 g/mol. The topological polar surface area (TPSA) is 75.7 Å². The van der Waals surface area contributed by atoms with Crippen LogP contribution in [0.5, 0.6) is 5.75 Å². The van der Waals surface area contributed by atoms with E-state index in [4.69, 9.17) is 4.74 Å². The molecule has 0 aromatic heterocycles. The lowest BCUT2D eigenvalue weighted by Gasteiger charge is -2.14. The van der Waals surface area contributed by atoms with Crippen LogP contribution in [0.2, 0.25) is 0 Å². The summed E-state index contributed by atoms with van der Waals surface area (Å²) >= 11 is 0. The van der Waals surface area contributed by atoms with Crippen molar-refractivity contribution < 1.29 is 19.1 Å². The van der Waals surface area contributed by atoms with Crippen molar-refractivity contribution in [3.8, 4) is 5.75 Å². The highest BCUT2D eigenvalue weighted by molar-refractivity contribution is 6.34. The van der Waals surface area contributed by atoms with Gasteiger partial charge in [0.05, 0.1) is 23.4 Å². The molecule has 3 aromatic carbocycles. The van der Waals surface area contributed by atoms with Gasteiger partial charge in [-0.05, 0) is 61.9 Å². The molecule has 0 spiro atoms. The summed E-state index contributed by atoms with van der Waals surface area (Å²) in [5.41, 5.74) is 3.86. The number of ether oxygens (including phenoxy) is 1. The normalized spacial score (nSPS) is 12.6. The third-order valence-corrected chi connectivity index (χ3v) is 5.16. The molecule has 0 radical (unpaired) electrons. The molecule has 0 unspecified atom stereocenters. The fraction of sp³-hybridized carbons (Fsp3) is 0.160. The number of hydrogen-bond donors (Lipinski definition) is 1. The van der Waals surface area contributed by atoms with E-state index >= 15 is 0 Å². The fourth-order valence-corrected chi connectivity index (χ4v) is 3.57. The van der Waals surface area contributed by atoms with Crippen LogP contribution in [-0.4, -0.2) is 30.9 Å². The molecule has 1 heterocycles. The van der Waals surface area contributed by atoms with Crippen LogP contribution in [0.25, 0.3) is 0 Å². The van der Waals surface area contributed by atoms with E-state index in [-0.39, 0.29) is 17.7 Å². The summed E-state index contributed by atoms with van der Waals surface area (Å²) in [6.07, 6.45) is 0. The van der Waals surface area contributed by atoms with Gasteiger partial charge in [0.2, 0.25) is 0 Å². The van der Waals surface area contributed by atoms with Crippen molar-refractivity contribution in [3.05, 3.63) is 94.5 Å². The molecular weight excluding hydrogens is 392 g/mol. The van der Waals surface area contributed by atoms with E-state index in [2.05, 4.69) is 5.32 Å². The van der Waals surface area contributed by atoms with Crippen molar-refractivity contribution in [2.24, 2.45) is 0 Å². The average Bonchev–Trinajstić information content (AvgIpc) is 3.03. The minimum absolute atomic E-state index is 0.252. The molecule has 0 saturated heterocycles. The number of carbonyl (C=O) groups excluding carboxylic acids is 3. The van der Waals surface area contributed by atoms with Crippen LogP contribution < -0.4 is 15.0 Å². The highest BCUT2D eigenvalue weighted by atomic mass is 16.5. The lowest BCUT2D eigenvalue weighted by molar-refractivity contribution is 0.0922. The second-order valence-electron chi connectivity index (χ2n) is 7.41. The summed E-state index contributed by atoms with van der Waals surface area (Å²) in [6.45, 7) is 4.71. The SMILES string of the molecule is Cc1ccc(OCCNC(=O)c2ccc(N3C(=O)c4ccccc4C3=O)cc2)c(C)c1. The lowest BCUT2D eigenvalue weighted by Crippen LogP contribution is -2.30. The van der Waals surface area contributed by atoms with E-state index in [9.17, 15) is 14.4 Å². The molecule has 0 fully saturated rings. The van der Waals surface area contributed by atoms with Crippen LogP contribution >= 0.6 is 0 Å². The minimum atomic E-state index is -0.360. The Labute approximate surface area is 180 Å². The quantitative estimate of drug-likeness (QED) is 0.490. The summed E-state index contributed by atoms with van der Waals surface area (Å²) in [7, 11) is 0. The Morgan fingerprint density at radius 1 is 0.903 bits per heavy atom. The molecule has 6 nitrogen and oxygen atoms in total. The van der Waals surface area contributed by atoms with Crippen LogP contribution in [0, 0.1) is 13.8 Å². The first-order chi connectivity index (χ1) is 15.0. The number of nitrogens with one attached hydrogen (secondary N) is 1. The fourth-order valence-electron chi connectivity index (χ4n) is 3.57. The molecule has 0 aliphatic carbocycles. The highest BCUT2D eigenvalue weighted by Gasteiger charge is 2.36. The number of imide groups is 1. The first kappa shape index (κ1) is 20.3. The third-order valence-electron chi connectivity index (χ3n) is 5.16. The summed E-state index contributed by atoms with van der Waals surface area (Å²) < 4.78 is 5.72. The number of fused-ring (bicyclic) bond motifs is 1. The number of carbonyl (C=O) groups is 3. The van der Waals surface area contributed by atoms with E-state index in [0.29, 0.717) is 35.5 Å². The zero-order chi connectivity index (χ0) is 22.0. The van der Waals surface area contributed by atoms with Gasteiger partial charge in [-0.25, -0.2) is 4.90 Å². The van der Waals surface area contributed by atoms with Gasteiger partial charge in [-0.15, -0.1) is 0 Å². The number of anilines is 1. The Kier molecular flexibility index (Phi) is 5.54. The maximum atomic E-state index is 12.6. The van der Waals surface area contributed by atoms with Gasteiger partial charge in [-0.3, -0.25) is 14.4 Å². The molecule has 0 saturated carbocycles. The van der Waals surface area contributed by atoms with Crippen molar-refractivity contribution in [2.75, 3.05) is 18.1 Å². The van der Waals surface area contributed by atoms with Gasteiger partial charge in [0.15, 0.2) is 0 Å². The predicted molar refractivity (Wildman–Crippen MR) is 118 cm³/mol. The molecule has 31 heavy (non-hydrogen) atoms. The minimum Gasteiger partial charge on any atom is -0.491 e. The van der Waals surface area contributed by atoms with E-state index in [0.717, 1.165) is 16.2 Å². The number of hydrogen-bond acceptors (Lipinski definition) is 4. The zero-order valence-electron chi connectivity index (χ0n) is 17.3. The van der Waals surface area contributed by atoms with Gasteiger partial charge in [-0.1, -0.05) is 29.8 Å². The molecule has 1 aliphatic rings. The molecule has 1 N–H and O–H groups in total. The second-order valence-corrected chi connectivity index (χ2v) is 7.41. The van der Waals surface area contributed by atoms with Crippen molar-refractivity contribution in [1.29, 1.82) is 0 Å². The maximum absolute atomic E-state index is 12.6. The van der Waals surface area contributed by atoms with Crippen LogP contribution in [0.15, 0.2) is 66.7 Å². The van der Waals surface area contributed by atoms with Gasteiger partial charge in [0, 0.05) is 5.56 Å². The molecule has 156 valence electrons. The van der Waals surface area contributed by atoms with Gasteiger partial charge in [-0.2, -0.15) is 0 Å². The zero-order valence-corrected chi connectivity index (χ0v) is 17.3. The van der Waals surface area contributed by atoms with Gasteiger partial charge in [0.1, 0.15) is 12.4 Å². The molecule has 6 heteroatoms. The molecule has 0 bridgehead atoms. The number of amides is 3. The number of benzene rings is 3. The molecular formula is C25H22N2O4. The molecule has 1 aliphatic heterocycles. The van der Waals surface area contributed by atoms with Crippen LogP contribution in [0.1, 0.15) is 42.2 Å². The predicted octanol–water partition coefficient (Wildman–Crippen LogP) is 3.91. The van der Waals surface area contributed by atoms with Gasteiger partial charge < -0.3 is 10.1 Å². The maximum Gasteiger partial charge on any atom is 0.266 e. The number of nitrogens with zero attached hydrogens (tertiary/aromatic N) is 1. The van der Waals surface area contributed by atoms with E-state index in [1.54, 1.807) is 48.5 Å². The lowest BCUT2D eigenvalue weighted by atomic mass is 10.1. The van der Waals surface area contributed by atoms with Crippen molar-refractivity contribution in [1.82, 2.24) is 5.32 Å². The summed E-state index contributed by atoms with van der Waals surface area (Å²) in [5, 5.41) is 2.81.